The van der Waals surface area contributed by atoms with Gasteiger partial charge in [-0.15, -0.1) is 0 Å². The van der Waals surface area contributed by atoms with Gasteiger partial charge in [-0.25, -0.2) is 0 Å². The second-order valence-electron chi connectivity index (χ2n) is 5.27. The summed E-state index contributed by atoms with van der Waals surface area (Å²) in [5.74, 6) is 0.0615. The Bertz CT molecular complexity index is 450. The van der Waals surface area contributed by atoms with E-state index in [9.17, 15) is 4.79 Å². The molecule has 0 heterocycles. The van der Waals surface area contributed by atoms with E-state index in [1.165, 1.54) is 6.42 Å². The minimum Gasteiger partial charge on any atom is -0.330 e. The molecule has 1 aromatic carbocycles. The van der Waals surface area contributed by atoms with Crippen LogP contribution in [-0.2, 0) is 4.79 Å². The smallest absolute Gasteiger partial charge is 0.225 e. The maximum absolute atomic E-state index is 12.1. The molecule has 1 aromatic rings. The lowest BCUT2D eigenvalue weighted by Crippen LogP contribution is -2.40. The molecule has 18 heavy (non-hydrogen) atoms. The molecule has 0 saturated heterocycles. The molecule has 0 aromatic heterocycles. The average Bonchev–Trinajstić information content (AvgIpc) is 2.28. The van der Waals surface area contributed by atoms with E-state index in [-0.39, 0.29) is 11.3 Å². The third-order valence-corrected chi connectivity index (χ3v) is 4.47. The Morgan fingerprint density at radius 3 is 2.78 bits per heavy atom. The molecular formula is C14H19BrN2O. The normalized spacial score (nSPS) is 17.1. The van der Waals surface area contributed by atoms with Crippen LogP contribution in [0, 0.1) is 12.3 Å². The SMILES string of the molecule is Cc1ccc(Br)c(NC(=O)CC2(CN)CCC2)c1. The van der Waals surface area contributed by atoms with Crippen LogP contribution in [-0.4, -0.2) is 12.5 Å². The lowest BCUT2D eigenvalue weighted by Gasteiger charge is -2.40. The Kier molecular flexibility index (Phi) is 4.07. The predicted molar refractivity (Wildman–Crippen MR) is 77.5 cm³/mol. The summed E-state index contributed by atoms with van der Waals surface area (Å²) in [6.45, 7) is 2.62. The van der Waals surface area contributed by atoms with Gasteiger partial charge in [0.2, 0.25) is 5.91 Å². The van der Waals surface area contributed by atoms with Crippen LogP contribution in [0.4, 0.5) is 5.69 Å². The van der Waals surface area contributed by atoms with E-state index >= 15 is 0 Å². The van der Waals surface area contributed by atoms with Gasteiger partial charge in [0, 0.05) is 10.9 Å². The predicted octanol–water partition coefficient (Wildman–Crippen LogP) is 3.22. The lowest BCUT2D eigenvalue weighted by atomic mass is 9.66. The van der Waals surface area contributed by atoms with Crippen molar-refractivity contribution in [3.8, 4) is 0 Å². The largest absolute Gasteiger partial charge is 0.330 e. The van der Waals surface area contributed by atoms with E-state index in [0.29, 0.717) is 13.0 Å². The zero-order valence-electron chi connectivity index (χ0n) is 10.6. The number of hydrogen-bond acceptors (Lipinski definition) is 2. The van der Waals surface area contributed by atoms with Crippen molar-refractivity contribution in [1.82, 2.24) is 0 Å². The first kappa shape index (κ1) is 13.6. The fourth-order valence-corrected chi connectivity index (χ4v) is 2.75. The summed E-state index contributed by atoms with van der Waals surface area (Å²) < 4.78 is 0.914. The molecule has 2 rings (SSSR count). The summed E-state index contributed by atoms with van der Waals surface area (Å²) in [5.41, 5.74) is 7.80. The van der Waals surface area contributed by atoms with Crippen molar-refractivity contribution in [3.63, 3.8) is 0 Å². The molecule has 0 bridgehead atoms. The molecule has 1 fully saturated rings. The molecule has 0 unspecified atom stereocenters. The Morgan fingerprint density at radius 1 is 1.50 bits per heavy atom. The van der Waals surface area contributed by atoms with Crippen LogP contribution in [0.3, 0.4) is 0 Å². The molecule has 1 aliphatic rings. The maximum Gasteiger partial charge on any atom is 0.225 e. The van der Waals surface area contributed by atoms with Crippen LogP contribution in [0.15, 0.2) is 22.7 Å². The van der Waals surface area contributed by atoms with Crippen LogP contribution in [0.25, 0.3) is 0 Å². The van der Waals surface area contributed by atoms with E-state index in [4.69, 9.17) is 5.73 Å². The van der Waals surface area contributed by atoms with Gasteiger partial charge in [-0.05, 0) is 65.4 Å². The number of carbonyl (C=O) groups is 1. The molecule has 0 aliphatic heterocycles. The molecule has 0 radical (unpaired) electrons. The highest BCUT2D eigenvalue weighted by atomic mass is 79.9. The van der Waals surface area contributed by atoms with Crippen LogP contribution >= 0.6 is 15.9 Å². The number of carbonyl (C=O) groups excluding carboxylic acids is 1. The van der Waals surface area contributed by atoms with Crippen LogP contribution < -0.4 is 11.1 Å². The molecule has 1 aliphatic carbocycles. The molecule has 4 heteroatoms. The van der Waals surface area contributed by atoms with Gasteiger partial charge in [-0.1, -0.05) is 12.5 Å². The molecule has 1 saturated carbocycles. The van der Waals surface area contributed by atoms with Crippen molar-refractivity contribution in [1.29, 1.82) is 0 Å². The zero-order valence-corrected chi connectivity index (χ0v) is 12.2. The van der Waals surface area contributed by atoms with Gasteiger partial charge >= 0.3 is 0 Å². The minimum atomic E-state index is 0.0559. The van der Waals surface area contributed by atoms with E-state index in [1.54, 1.807) is 0 Å². The summed E-state index contributed by atoms with van der Waals surface area (Å²) in [7, 11) is 0. The van der Waals surface area contributed by atoms with Crippen LogP contribution in [0.1, 0.15) is 31.2 Å². The summed E-state index contributed by atoms with van der Waals surface area (Å²) in [6.07, 6.45) is 3.88. The molecule has 3 nitrogen and oxygen atoms in total. The van der Waals surface area contributed by atoms with Crippen LogP contribution in [0.5, 0.6) is 0 Å². The number of amides is 1. The number of rotatable bonds is 4. The van der Waals surface area contributed by atoms with Crippen molar-refractivity contribution in [2.24, 2.45) is 11.1 Å². The highest BCUT2D eigenvalue weighted by molar-refractivity contribution is 9.10. The molecule has 1 amide bonds. The van der Waals surface area contributed by atoms with Crippen molar-refractivity contribution < 1.29 is 4.79 Å². The van der Waals surface area contributed by atoms with E-state index in [0.717, 1.165) is 28.6 Å². The number of aryl methyl sites for hydroxylation is 1. The second-order valence-corrected chi connectivity index (χ2v) is 6.12. The first-order valence-corrected chi connectivity index (χ1v) is 7.10. The topological polar surface area (TPSA) is 55.1 Å². The molecule has 0 atom stereocenters. The molecule has 3 N–H and O–H groups in total. The van der Waals surface area contributed by atoms with Crippen molar-refractivity contribution in [2.75, 3.05) is 11.9 Å². The third kappa shape index (κ3) is 2.93. The van der Waals surface area contributed by atoms with Crippen LogP contribution in [0.2, 0.25) is 0 Å². The highest BCUT2D eigenvalue weighted by Crippen LogP contribution is 2.43. The standard InChI is InChI=1S/C14H19BrN2O/c1-10-3-4-11(15)12(7-10)17-13(18)8-14(9-16)5-2-6-14/h3-4,7H,2,5-6,8-9,16H2,1H3,(H,17,18). The monoisotopic (exact) mass is 310 g/mol. The van der Waals surface area contributed by atoms with Crippen molar-refractivity contribution >= 4 is 27.5 Å². The Morgan fingerprint density at radius 2 is 2.22 bits per heavy atom. The number of benzene rings is 1. The van der Waals surface area contributed by atoms with Crippen molar-refractivity contribution in [2.45, 2.75) is 32.6 Å². The number of nitrogens with one attached hydrogen (secondary N) is 1. The molecule has 0 spiro atoms. The maximum atomic E-state index is 12.1. The Balaban J connectivity index is 2.00. The quantitative estimate of drug-likeness (QED) is 0.897. The fraction of sp³-hybridized carbons (Fsp3) is 0.500. The van der Waals surface area contributed by atoms with Gasteiger partial charge in [0.25, 0.3) is 0 Å². The molecule has 98 valence electrons. The Hall–Kier alpha value is -0.870. The number of nitrogens with two attached hydrogens (primary N) is 1. The van der Waals surface area contributed by atoms with Gasteiger partial charge in [0.15, 0.2) is 0 Å². The first-order chi connectivity index (χ1) is 8.54. The third-order valence-electron chi connectivity index (χ3n) is 3.78. The Labute approximate surface area is 116 Å². The highest BCUT2D eigenvalue weighted by Gasteiger charge is 2.37. The average molecular weight is 311 g/mol. The van der Waals surface area contributed by atoms with Gasteiger partial charge in [0.05, 0.1) is 5.69 Å². The van der Waals surface area contributed by atoms with Gasteiger partial charge in [-0.2, -0.15) is 0 Å². The second kappa shape index (κ2) is 5.41. The number of halogens is 1. The number of hydrogen-bond donors (Lipinski definition) is 2. The minimum absolute atomic E-state index is 0.0559. The summed E-state index contributed by atoms with van der Waals surface area (Å²) >= 11 is 3.45. The first-order valence-electron chi connectivity index (χ1n) is 6.31. The number of anilines is 1. The summed E-state index contributed by atoms with van der Waals surface area (Å²) in [6, 6.07) is 5.93. The van der Waals surface area contributed by atoms with Gasteiger partial charge in [-0.3, -0.25) is 4.79 Å². The van der Waals surface area contributed by atoms with Crippen molar-refractivity contribution in [3.05, 3.63) is 28.2 Å². The fourth-order valence-electron chi connectivity index (χ4n) is 2.40. The zero-order chi connectivity index (χ0) is 13.2. The van der Waals surface area contributed by atoms with E-state index in [2.05, 4.69) is 21.2 Å². The van der Waals surface area contributed by atoms with E-state index < -0.39 is 0 Å². The van der Waals surface area contributed by atoms with E-state index in [1.807, 2.05) is 25.1 Å². The lowest BCUT2D eigenvalue weighted by molar-refractivity contribution is -0.119. The summed E-state index contributed by atoms with van der Waals surface area (Å²) in [4.78, 5) is 12.1. The van der Waals surface area contributed by atoms with Gasteiger partial charge < -0.3 is 11.1 Å². The molecular weight excluding hydrogens is 292 g/mol. The van der Waals surface area contributed by atoms with Gasteiger partial charge in [0.1, 0.15) is 0 Å². The summed E-state index contributed by atoms with van der Waals surface area (Å²) in [5, 5.41) is 2.97.